The molecule has 1 heterocycles. The van der Waals surface area contributed by atoms with Crippen LogP contribution in [0.4, 0.5) is 4.39 Å². The number of amides is 1. The quantitative estimate of drug-likeness (QED) is 0.777. The fourth-order valence-corrected chi connectivity index (χ4v) is 4.02. The number of nitrogens with one attached hydrogen (secondary N) is 1. The number of nitrogens with zero attached hydrogens (tertiary/aromatic N) is 2. The second kappa shape index (κ2) is 8.73. The van der Waals surface area contributed by atoms with Crippen molar-refractivity contribution in [3.63, 3.8) is 0 Å². The van der Waals surface area contributed by atoms with Gasteiger partial charge in [0.15, 0.2) is 0 Å². The van der Waals surface area contributed by atoms with Gasteiger partial charge < -0.3 is 5.32 Å². The van der Waals surface area contributed by atoms with E-state index >= 15 is 0 Å². The zero-order valence-electron chi connectivity index (χ0n) is 16.4. The molecule has 0 aliphatic heterocycles. The first-order chi connectivity index (χ1) is 12.2. The van der Waals surface area contributed by atoms with Crippen molar-refractivity contribution in [1.82, 2.24) is 15.2 Å². The number of aryl methyl sites for hydroxylation is 2. The van der Waals surface area contributed by atoms with Crippen LogP contribution in [-0.4, -0.2) is 41.0 Å². The first-order valence-electron chi connectivity index (χ1n) is 8.98. The Morgan fingerprint density at radius 1 is 1.23 bits per heavy atom. The zero-order chi connectivity index (χ0) is 19.4. The van der Waals surface area contributed by atoms with Gasteiger partial charge in [0.25, 0.3) is 5.91 Å². The van der Waals surface area contributed by atoms with Crippen molar-refractivity contribution in [2.45, 2.75) is 53.6 Å². The molecule has 26 heavy (non-hydrogen) atoms. The second-order valence-electron chi connectivity index (χ2n) is 7.10. The standard InChI is InChI=1S/C20H28FN3OS/c1-12(2)24(13(3)4)10-9-22-19(25)18-15(6)23-20(26-18)16-8-7-14(5)11-17(16)21/h7-8,11-13H,9-10H2,1-6H3,(H,22,25). The van der Waals surface area contributed by atoms with Crippen LogP contribution >= 0.6 is 11.3 Å². The average molecular weight is 378 g/mol. The first-order valence-corrected chi connectivity index (χ1v) is 9.80. The molecule has 6 heteroatoms. The topological polar surface area (TPSA) is 45.2 Å². The number of benzene rings is 1. The molecule has 1 amide bonds. The lowest BCUT2D eigenvalue weighted by Gasteiger charge is -2.30. The maximum atomic E-state index is 14.2. The summed E-state index contributed by atoms with van der Waals surface area (Å²) in [6.07, 6.45) is 0. The third-order valence-corrected chi connectivity index (χ3v) is 5.53. The minimum atomic E-state index is -0.310. The molecule has 1 N–H and O–H groups in total. The molecule has 142 valence electrons. The van der Waals surface area contributed by atoms with E-state index in [0.29, 0.717) is 39.8 Å². The van der Waals surface area contributed by atoms with Crippen LogP contribution < -0.4 is 5.32 Å². The lowest BCUT2D eigenvalue weighted by atomic mass is 10.1. The third-order valence-electron chi connectivity index (χ3n) is 4.34. The molecule has 0 aliphatic rings. The molecular formula is C20H28FN3OS. The average Bonchev–Trinajstić information content (AvgIpc) is 2.92. The van der Waals surface area contributed by atoms with Crippen LogP contribution in [0.2, 0.25) is 0 Å². The van der Waals surface area contributed by atoms with Crippen LogP contribution in [0.5, 0.6) is 0 Å². The third kappa shape index (κ3) is 4.89. The molecule has 4 nitrogen and oxygen atoms in total. The van der Waals surface area contributed by atoms with E-state index in [1.807, 2.05) is 13.0 Å². The van der Waals surface area contributed by atoms with E-state index in [9.17, 15) is 9.18 Å². The minimum absolute atomic E-state index is 0.147. The van der Waals surface area contributed by atoms with Gasteiger partial charge in [0.05, 0.1) is 5.69 Å². The summed E-state index contributed by atoms with van der Waals surface area (Å²) in [6.45, 7) is 13.6. The number of carbonyl (C=O) groups is 1. The number of aromatic nitrogens is 1. The van der Waals surface area contributed by atoms with E-state index in [0.717, 1.165) is 12.1 Å². The van der Waals surface area contributed by atoms with Crippen LogP contribution in [0.1, 0.15) is 48.6 Å². The largest absolute Gasteiger partial charge is 0.350 e. The van der Waals surface area contributed by atoms with Crippen molar-refractivity contribution in [1.29, 1.82) is 0 Å². The molecule has 0 atom stereocenters. The fourth-order valence-electron chi connectivity index (χ4n) is 3.01. The highest BCUT2D eigenvalue weighted by Gasteiger charge is 2.19. The lowest BCUT2D eigenvalue weighted by molar-refractivity contribution is 0.0942. The lowest BCUT2D eigenvalue weighted by Crippen LogP contribution is -2.42. The van der Waals surface area contributed by atoms with E-state index in [4.69, 9.17) is 0 Å². The smallest absolute Gasteiger partial charge is 0.263 e. The van der Waals surface area contributed by atoms with Gasteiger partial charge in [-0.1, -0.05) is 6.07 Å². The van der Waals surface area contributed by atoms with E-state index in [1.54, 1.807) is 13.0 Å². The summed E-state index contributed by atoms with van der Waals surface area (Å²) in [6, 6.07) is 5.90. The van der Waals surface area contributed by atoms with E-state index < -0.39 is 0 Å². The summed E-state index contributed by atoms with van der Waals surface area (Å²) in [5, 5.41) is 3.50. The predicted molar refractivity (Wildman–Crippen MR) is 106 cm³/mol. The second-order valence-corrected chi connectivity index (χ2v) is 8.10. The predicted octanol–water partition coefficient (Wildman–Crippen LogP) is 4.41. The summed E-state index contributed by atoms with van der Waals surface area (Å²) >= 11 is 1.24. The van der Waals surface area contributed by atoms with Crippen molar-refractivity contribution >= 4 is 17.2 Å². The van der Waals surface area contributed by atoms with Crippen molar-refractivity contribution in [2.24, 2.45) is 0 Å². The summed E-state index contributed by atoms with van der Waals surface area (Å²) in [7, 11) is 0. The number of thiazole rings is 1. The zero-order valence-corrected chi connectivity index (χ0v) is 17.2. The van der Waals surface area contributed by atoms with Gasteiger partial charge in [0.1, 0.15) is 15.7 Å². The summed E-state index contributed by atoms with van der Waals surface area (Å²) in [5.74, 6) is -0.457. The molecule has 1 aromatic heterocycles. The fraction of sp³-hybridized carbons (Fsp3) is 0.500. The molecule has 2 aromatic rings. The van der Waals surface area contributed by atoms with Gasteiger partial charge in [0, 0.05) is 30.7 Å². The van der Waals surface area contributed by atoms with Gasteiger partial charge >= 0.3 is 0 Å². The Morgan fingerprint density at radius 2 is 1.88 bits per heavy atom. The molecule has 0 bridgehead atoms. The monoisotopic (exact) mass is 377 g/mol. The highest BCUT2D eigenvalue weighted by molar-refractivity contribution is 7.17. The molecule has 2 rings (SSSR count). The highest BCUT2D eigenvalue weighted by atomic mass is 32.1. The Bertz CT molecular complexity index is 762. The van der Waals surface area contributed by atoms with E-state index in [1.165, 1.54) is 17.4 Å². The van der Waals surface area contributed by atoms with Gasteiger partial charge in [-0.25, -0.2) is 9.37 Å². The van der Waals surface area contributed by atoms with Gasteiger partial charge in [0.2, 0.25) is 0 Å². The van der Waals surface area contributed by atoms with Crippen molar-refractivity contribution in [2.75, 3.05) is 13.1 Å². The number of halogens is 1. The Kier molecular flexibility index (Phi) is 6.89. The van der Waals surface area contributed by atoms with Gasteiger partial charge in [-0.3, -0.25) is 9.69 Å². The normalized spacial score (nSPS) is 11.6. The minimum Gasteiger partial charge on any atom is -0.350 e. The highest BCUT2D eigenvalue weighted by Crippen LogP contribution is 2.30. The molecule has 0 aliphatic carbocycles. The van der Waals surface area contributed by atoms with Crippen LogP contribution in [0, 0.1) is 19.7 Å². The number of hydrogen-bond acceptors (Lipinski definition) is 4. The maximum absolute atomic E-state index is 14.2. The molecule has 0 saturated carbocycles. The van der Waals surface area contributed by atoms with Gasteiger partial charge in [-0.2, -0.15) is 0 Å². The van der Waals surface area contributed by atoms with Crippen LogP contribution in [0.3, 0.4) is 0 Å². The molecule has 0 spiro atoms. The number of hydrogen-bond donors (Lipinski definition) is 1. The van der Waals surface area contributed by atoms with Crippen molar-refractivity contribution in [3.8, 4) is 10.6 Å². The molecule has 0 fully saturated rings. The van der Waals surface area contributed by atoms with Crippen molar-refractivity contribution in [3.05, 3.63) is 40.2 Å². The maximum Gasteiger partial charge on any atom is 0.263 e. The molecule has 0 radical (unpaired) electrons. The van der Waals surface area contributed by atoms with Crippen LogP contribution in [-0.2, 0) is 0 Å². The summed E-state index contributed by atoms with van der Waals surface area (Å²) in [4.78, 5) is 19.8. The Morgan fingerprint density at radius 3 is 2.46 bits per heavy atom. The number of carbonyl (C=O) groups excluding carboxylic acids is 1. The van der Waals surface area contributed by atoms with Crippen LogP contribution in [0.25, 0.3) is 10.6 Å². The Labute approximate surface area is 159 Å². The molecular weight excluding hydrogens is 349 g/mol. The van der Waals surface area contributed by atoms with Crippen molar-refractivity contribution < 1.29 is 9.18 Å². The SMILES string of the molecule is Cc1ccc(-c2nc(C)c(C(=O)NCCN(C(C)C)C(C)C)s2)c(F)c1. The van der Waals surface area contributed by atoms with Gasteiger partial charge in [-0.05, 0) is 59.2 Å². The van der Waals surface area contributed by atoms with Gasteiger partial charge in [-0.15, -0.1) is 11.3 Å². The van der Waals surface area contributed by atoms with E-state index in [-0.39, 0.29) is 11.7 Å². The number of rotatable bonds is 7. The molecule has 1 aromatic carbocycles. The Balaban J connectivity index is 2.07. The van der Waals surface area contributed by atoms with E-state index in [2.05, 4.69) is 42.9 Å². The first kappa shape index (κ1) is 20.5. The summed E-state index contributed by atoms with van der Waals surface area (Å²) in [5.41, 5.74) is 1.93. The summed E-state index contributed by atoms with van der Waals surface area (Å²) < 4.78 is 14.2. The Hall–Kier alpha value is -1.79. The molecule has 0 saturated heterocycles. The molecule has 0 unspecified atom stereocenters. The van der Waals surface area contributed by atoms with Crippen LogP contribution in [0.15, 0.2) is 18.2 Å².